The molecule has 0 N–H and O–H groups in total. The summed E-state index contributed by atoms with van der Waals surface area (Å²) in [6, 6.07) is 0. The van der Waals surface area contributed by atoms with Crippen molar-refractivity contribution in [2.45, 2.75) is 57.7 Å². The van der Waals surface area contributed by atoms with E-state index in [1.54, 1.807) is 0 Å². The third kappa shape index (κ3) is 2.65. The van der Waals surface area contributed by atoms with Gasteiger partial charge in [-0.2, -0.15) is 0 Å². The molecule has 0 bridgehead atoms. The monoisotopic (exact) mass is 188 g/mol. The van der Waals surface area contributed by atoms with Gasteiger partial charge < -0.3 is 0 Å². The molecule has 1 aliphatic rings. The molecule has 1 heteroatoms. The summed E-state index contributed by atoms with van der Waals surface area (Å²) in [5.41, 5.74) is 0. The first kappa shape index (κ1) is 10.4. The van der Waals surface area contributed by atoms with Gasteiger partial charge in [-0.3, -0.25) is 0 Å². The van der Waals surface area contributed by atoms with Crippen LogP contribution in [0.2, 0.25) is 0 Å². The van der Waals surface area contributed by atoms with Crippen molar-refractivity contribution in [3.05, 3.63) is 0 Å². The van der Waals surface area contributed by atoms with Crippen molar-refractivity contribution in [1.82, 2.24) is 0 Å². The van der Waals surface area contributed by atoms with E-state index < -0.39 is 0 Å². The second-order valence-corrected chi connectivity index (χ2v) is 4.67. The molecule has 0 aliphatic heterocycles. The maximum Gasteiger partial charge on any atom is 0.0361 e. The number of hydrogen-bond donors (Lipinski definition) is 0. The fourth-order valence-corrected chi connectivity index (χ4v) is 2.54. The average Bonchev–Trinajstić information content (AvgIpc) is 2.17. The summed E-state index contributed by atoms with van der Waals surface area (Å²) < 4.78 is 0. The molecule has 0 heterocycles. The Hall–Kier alpha value is 0.290. The SMILES string of the molecule is CCC1CCC(C(Cl)CC)CC1. The molecule has 1 saturated carbocycles. The van der Waals surface area contributed by atoms with Crippen molar-refractivity contribution in [2.75, 3.05) is 0 Å². The summed E-state index contributed by atoms with van der Waals surface area (Å²) in [4.78, 5) is 0. The number of halogens is 1. The predicted molar refractivity (Wildman–Crippen MR) is 55.7 cm³/mol. The van der Waals surface area contributed by atoms with Crippen LogP contribution in [-0.2, 0) is 0 Å². The van der Waals surface area contributed by atoms with Gasteiger partial charge in [-0.1, -0.05) is 33.1 Å². The standard InChI is InChI=1S/C11H21Cl/c1-3-9-5-7-10(8-6-9)11(12)4-2/h9-11H,3-8H2,1-2H3. The third-order valence-corrected chi connectivity index (χ3v) is 4.04. The van der Waals surface area contributed by atoms with E-state index in [9.17, 15) is 0 Å². The zero-order chi connectivity index (χ0) is 8.97. The molecule has 0 spiro atoms. The van der Waals surface area contributed by atoms with Crippen LogP contribution >= 0.6 is 11.6 Å². The van der Waals surface area contributed by atoms with E-state index in [0.717, 1.165) is 18.3 Å². The van der Waals surface area contributed by atoms with Crippen LogP contribution in [0.4, 0.5) is 0 Å². The highest BCUT2D eigenvalue weighted by molar-refractivity contribution is 6.20. The summed E-state index contributed by atoms with van der Waals surface area (Å²) in [6.07, 6.45) is 8.10. The number of rotatable bonds is 3. The van der Waals surface area contributed by atoms with E-state index in [1.807, 2.05) is 0 Å². The van der Waals surface area contributed by atoms with Crippen molar-refractivity contribution < 1.29 is 0 Å². The lowest BCUT2D eigenvalue weighted by Crippen LogP contribution is -2.21. The second-order valence-electron chi connectivity index (χ2n) is 4.11. The van der Waals surface area contributed by atoms with Crippen LogP contribution in [0.5, 0.6) is 0 Å². The average molecular weight is 189 g/mol. The first-order chi connectivity index (χ1) is 5.77. The highest BCUT2D eigenvalue weighted by Crippen LogP contribution is 2.34. The predicted octanol–water partition coefficient (Wildman–Crippen LogP) is 4.22. The van der Waals surface area contributed by atoms with E-state index in [4.69, 9.17) is 11.6 Å². The maximum absolute atomic E-state index is 6.23. The molecule has 1 unspecified atom stereocenters. The molecule has 1 atom stereocenters. The van der Waals surface area contributed by atoms with Crippen molar-refractivity contribution in [1.29, 1.82) is 0 Å². The molecule has 0 amide bonds. The Bertz CT molecular complexity index is 114. The van der Waals surface area contributed by atoms with Crippen LogP contribution in [0.15, 0.2) is 0 Å². The number of hydrogen-bond acceptors (Lipinski definition) is 0. The Kier molecular flexibility index (Phi) is 4.42. The number of alkyl halides is 1. The zero-order valence-electron chi connectivity index (χ0n) is 8.35. The second kappa shape index (κ2) is 5.11. The molecule has 12 heavy (non-hydrogen) atoms. The quantitative estimate of drug-likeness (QED) is 0.582. The maximum atomic E-state index is 6.23. The minimum absolute atomic E-state index is 0.447. The molecule has 0 nitrogen and oxygen atoms in total. The Morgan fingerprint density at radius 3 is 2.17 bits per heavy atom. The van der Waals surface area contributed by atoms with Crippen LogP contribution in [0.3, 0.4) is 0 Å². The Labute approximate surface area is 81.7 Å². The van der Waals surface area contributed by atoms with Gasteiger partial charge in [-0.15, -0.1) is 11.6 Å². The molecular formula is C11H21Cl. The molecule has 1 rings (SSSR count). The lowest BCUT2D eigenvalue weighted by molar-refractivity contribution is 0.260. The zero-order valence-corrected chi connectivity index (χ0v) is 9.11. The van der Waals surface area contributed by atoms with Crippen molar-refractivity contribution >= 4 is 11.6 Å². The first-order valence-corrected chi connectivity index (χ1v) is 5.85. The minimum Gasteiger partial charge on any atom is -0.123 e. The summed E-state index contributed by atoms with van der Waals surface area (Å²) in [6.45, 7) is 4.51. The van der Waals surface area contributed by atoms with Gasteiger partial charge in [0.05, 0.1) is 0 Å². The molecule has 0 radical (unpaired) electrons. The Morgan fingerprint density at radius 2 is 1.75 bits per heavy atom. The van der Waals surface area contributed by atoms with Crippen LogP contribution in [0, 0.1) is 11.8 Å². The summed E-state index contributed by atoms with van der Waals surface area (Å²) in [5, 5.41) is 0.447. The van der Waals surface area contributed by atoms with E-state index >= 15 is 0 Å². The van der Waals surface area contributed by atoms with Crippen LogP contribution in [-0.4, -0.2) is 5.38 Å². The van der Waals surface area contributed by atoms with Gasteiger partial charge >= 0.3 is 0 Å². The molecule has 1 fully saturated rings. The minimum atomic E-state index is 0.447. The summed E-state index contributed by atoms with van der Waals surface area (Å²) in [7, 11) is 0. The van der Waals surface area contributed by atoms with Crippen LogP contribution < -0.4 is 0 Å². The lowest BCUT2D eigenvalue weighted by Gasteiger charge is -2.30. The van der Waals surface area contributed by atoms with Gasteiger partial charge in [0, 0.05) is 5.38 Å². The lowest BCUT2D eigenvalue weighted by atomic mass is 9.79. The first-order valence-electron chi connectivity index (χ1n) is 5.42. The fourth-order valence-electron chi connectivity index (χ4n) is 2.29. The van der Waals surface area contributed by atoms with Crippen LogP contribution in [0.1, 0.15) is 52.4 Å². The van der Waals surface area contributed by atoms with E-state index in [-0.39, 0.29) is 0 Å². The molecule has 1 aliphatic carbocycles. The third-order valence-electron chi connectivity index (χ3n) is 3.37. The van der Waals surface area contributed by atoms with Gasteiger partial charge in [-0.05, 0) is 31.1 Å². The highest BCUT2D eigenvalue weighted by atomic mass is 35.5. The van der Waals surface area contributed by atoms with Gasteiger partial charge in [0.1, 0.15) is 0 Å². The molecule has 0 aromatic rings. The van der Waals surface area contributed by atoms with Crippen LogP contribution in [0.25, 0.3) is 0 Å². The Balaban J connectivity index is 2.25. The molecule has 0 aromatic heterocycles. The molecule has 0 aromatic carbocycles. The molecule has 0 saturated heterocycles. The smallest absolute Gasteiger partial charge is 0.0361 e. The van der Waals surface area contributed by atoms with Gasteiger partial charge in [0.15, 0.2) is 0 Å². The molecular weight excluding hydrogens is 168 g/mol. The summed E-state index contributed by atoms with van der Waals surface area (Å²) in [5.74, 6) is 1.82. The normalized spacial score (nSPS) is 33.2. The van der Waals surface area contributed by atoms with Gasteiger partial charge in [0.2, 0.25) is 0 Å². The van der Waals surface area contributed by atoms with Crippen molar-refractivity contribution in [3.8, 4) is 0 Å². The van der Waals surface area contributed by atoms with E-state index in [2.05, 4.69) is 13.8 Å². The Morgan fingerprint density at radius 1 is 1.17 bits per heavy atom. The van der Waals surface area contributed by atoms with Gasteiger partial charge in [-0.25, -0.2) is 0 Å². The summed E-state index contributed by atoms with van der Waals surface area (Å²) >= 11 is 6.23. The molecule has 72 valence electrons. The van der Waals surface area contributed by atoms with E-state index in [0.29, 0.717) is 5.38 Å². The highest BCUT2D eigenvalue weighted by Gasteiger charge is 2.24. The largest absolute Gasteiger partial charge is 0.123 e. The van der Waals surface area contributed by atoms with Crippen molar-refractivity contribution in [3.63, 3.8) is 0 Å². The van der Waals surface area contributed by atoms with Crippen molar-refractivity contribution in [2.24, 2.45) is 11.8 Å². The van der Waals surface area contributed by atoms with Gasteiger partial charge in [0.25, 0.3) is 0 Å². The van der Waals surface area contributed by atoms with E-state index in [1.165, 1.54) is 32.1 Å². The topological polar surface area (TPSA) is 0 Å². The fraction of sp³-hybridized carbons (Fsp3) is 1.00.